The van der Waals surface area contributed by atoms with Crippen molar-refractivity contribution in [3.63, 3.8) is 0 Å². The van der Waals surface area contributed by atoms with E-state index >= 15 is 0 Å². The number of hydrogen-bond acceptors (Lipinski definition) is 6. The van der Waals surface area contributed by atoms with Gasteiger partial charge in [0, 0.05) is 31.1 Å². The highest BCUT2D eigenvalue weighted by atomic mass is 16.5. The minimum absolute atomic E-state index is 0.328. The Kier molecular flexibility index (Phi) is 11.1. The Bertz CT molecular complexity index is 328. The highest BCUT2D eigenvalue weighted by molar-refractivity contribution is 5.80. The van der Waals surface area contributed by atoms with Crippen molar-refractivity contribution in [1.29, 1.82) is 0 Å². The van der Waals surface area contributed by atoms with Crippen LogP contribution in [0.1, 0.15) is 20.3 Å². The number of carbonyl (C=O) groups is 1. The largest absolute Gasteiger partial charge is 0.466 e. The molecule has 0 aliphatic carbocycles. The Labute approximate surface area is 140 Å². The zero-order chi connectivity index (χ0) is 17.8. The number of methoxy groups -OCH3 is 3. The molecule has 0 aromatic carbocycles. The summed E-state index contributed by atoms with van der Waals surface area (Å²) >= 11 is 0. The summed E-state index contributed by atoms with van der Waals surface area (Å²) in [5, 5.41) is 0. The smallest absolute Gasteiger partial charge is 0.329 e. The Morgan fingerprint density at radius 2 is 1.61 bits per heavy atom. The van der Waals surface area contributed by atoms with Crippen LogP contribution in [0.4, 0.5) is 0 Å². The van der Waals surface area contributed by atoms with Gasteiger partial charge in [0.15, 0.2) is 0 Å². The van der Waals surface area contributed by atoms with Crippen LogP contribution in [0.2, 0.25) is 0 Å². The van der Waals surface area contributed by atoms with E-state index in [2.05, 4.69) is 25.2 Å². The topological polar surface area (TPSA) is 63.2 Å². The lowest BCUT2D eigenvalue weighted by atomic mass is 9.84. The average molecular weight is 332 g/mol. The predicted molar refractivity (Wildman–Crippen MR) is 88.4 cm³/mol. The van der Waals surface area contributed by atoms with Crippen molar-refractivity contribution in [2.24, 2.45) is 10.8 Å². The van der Waals surface area contributed by atoms with Crippen LogP contribution in [0.25, 0.3) is 0 Å². The van der Waals surface area contributed by atoms with Crippen molar-refractivity contribution < 1.29 is 28.5 Å². The average Bonchev–Trinajstić information content (AvgIpc) is 2.50. The summed E-state index contributed by atoms with van der Waals surface area (Å²) in [4.78, 5) is 9.84. The molecule has 0 aromatic heterocycles. The number of hydrogen-bond donors (Lipinski definition) is 0. The van der Waals surface area contributed by atoms with Gasteiger partial charge in [0.2, 0.25) is 0 Å². The molecule has 6 heteroatoms. The van der Waals surface area contributed by atoms with Gasteiger partial charge in [-0.05, 0) is 6.42 Å². The molecule has 2 aliphatic rings. The quantitative estimate of drug-likeness (QED) is 0.548. The summed E-state index contributed by atoms with van der Waals surface area (Å²) in [6.45, 7) is 12.7. The van der Waals surface area contributed by atoms with Gasteiger partial charge in [0.1, 0.15) is 0 Å². The van der Waals surface area contributed by atoms with Crippen LogP contribution in [-0.2, 0) is 28.5 Å². The van der Waals surface area contributed by atoms with E-state index in [1.807, 2.05) is 0 Å². The molecule has 136 valence electrons. The first-order valence-electron chi connectivity index (χ1n) is 7.74. The zero-order valence-electron chi connectivity index (χ0n) is 15.2. The van der Waals surface area contributed by atoms with Gasteiger partial charge in [-0.25, -0.2) is 4.79 Å². The second-order valence-electron chi connectivity index (χ2n) is 6.24. The van der Waals surface area contributed by atoms with Crippen molar-refractivity contribution in [2.45, 2.75) is 20.3 Å². The van der Waals surface area contributed by atoms with Crippen molar-refractivity contribution >= 4 is 5.97 Å². The number of carbonyl (C=O) groups excluding carboxylic acids is 1. The van der Waals surface area contributed by atoms with Crippen LogP contribution >= 0.6 is 0 Å². The van der Waals surface area contributed by atoms with Crippen LogP contribution in [0.3, 0.4) is 0 Å². The molecule has 0 atom stereocenters. The molecule has 2 rings (SSSR count). The lowest BCUT2D eigenvalue weighted by Crippen LogP contribution is -2.45. The Morgan fingerprint density at radius 3 is 1.70 bits per heavy atom. The molecule has 2 heterocycles. The maximum atomic E-state index is 9.84. The molecule has 0 N–H and O–H groups in total. The van der Waals surface area contributed by atoms with Gasteiger partial charge in [-0.2, -0.15) is 0 Å². The zero-order valence-corrected chi connectivity index (χ0v) is 15.2. The fourth-order valence-corrected chi connectivity index (χ4v) is 2.05. The maximum absolute atomic E-state index is 9.84. The molecule has 2 saturated heterocycles. The Hall–Kier alpha value is -0.950. The number of esters is 1. The van der Waals surface area contributed by atoms with E-state index in [1.165, 1.54) is 13.5 Å². The molecule has 0 saturated carbocycles. The molecule has 2 aliphatic heterocycles. The standard InChI is InChI=1S/C7H14O2.C6H12O2.C4H6O2/c1-3-7(4-8-2)5-9-6-7;1-6(3-7-2)4-8-5-6;1-3-4(5)6-2/h3-6H2,1-2H3;3-5H2,1-2H3;3H,1H2,2H3. The van der Waals surface area contributed by atoms with Crippen molar-refractivity contribution in [3.8, 4) is 0 Å². The van der Waals surface area contributed by atoms with E-state index in [4.69, 9.17) is 18.9 Å². The fourth-order valence-electron chi connectivity index (χ4n) is 2.05. The molecule has 0 amide bonds. The second kappa shape index (κ2) is 11.6. The van der Waals surface area contributed by atoms with Gasteiger partial charge in [-0.15, -0.1) is 0 Å². The predicted octanol–water partition coefficient (Wildman–Crippen LogP) is 2.07. The van der Waals surface area contributed by atoms with Gasteiger partial charge < -0.3 is 23.7 Å². The molecule has 0 radical (unpaired) electrons. The minimum Gasteiger partial charge on any atom is -0.466 e. The molecular formula is C17H32O6. The van der Waals surface area contributed by atoms with Crippen molar-refractivity contribution in [3.05, 3.63) is 12.7 Å². The summed E-state index contributed by atoms with van der Waals surface area (Å²) < 4.78 is 24.3. The maximum Gasteiger partial charge on any atom is 0.329 e. The molecular weight excluding hydrogens is 300 g/mol. The van der Waals surface area contributed by atoms with Gasteiger partial charge in [-0.3, -0.25) is 0 Å². The van der Waals surface area contributed by atoms with Crippen molar-refractivity contribution in [1.82, 2.24) is 0 Å². The van der Waals surface area contributed by atoms with Crippen LogP contribution in [-0.4, -0.2) is 66.9 Å². The number of rotatable bonds is 6. The van der Waals surface area contributed by atoms with E-state index < -0.39 is 5.97 Å². The first-order valence-corrected chi connectivity index (χ1v) is 7.74. The van der Waals surface area contributed by atoms with Gasteiger partial charge in [0.25, 0.3) is 0 Å². The van der Waals surface area contributed by atoms with E-state index in [1.54, 1.807) is 14.2 Å². The Morgan fingerprint density at radius 1 is 1.09 bits per heavy atom. The molecule has 0 spiro atoms. The first kappa shape index (κ1) is 22.1. The highest BCUT2D eigenvalue weighted by Crippen LogP contribution is 2.30. The van der Waals surface area contributed by atoms with Gasteiger partial charge in [-0.1, -0.05) is 20.4 Å². The van der Waals surface area contributed by atoms with E-state index in [0.717, 1.165) is 45.7 Å². The molecule has 23 heavy (non-hydrogen) atoms. The number of ether oxygens (including phenoxy) is 5. The van der Waals surface area contributed by atoms with Gasteiger partial charge >= 0.3 is 5.97 Å². The van der Waals surface area contributed by atoms with E-state index in [-0.39, 0.29) is 0 Å². The normalized spacial score (nSPS) is 19.5. The molecule has 6 nitrogen and oxygen atoms in total. The fraction of sp³-hybridized carbons (Fsp3) is 0.824. The van der Waals surface area contributed by atoms with Crippen LogP contribution < -0.4 is 0 Å². The SMILES string of the molecule is C=CC(=O)OC.CCC1(COC)COC1.COCC1(C)COC1. The summed E-state index contributed by atoms with van der Waals surface area (Å²) in [7, 11) is 4.78. The molecule has 0 aromatic rings. The van der Waals surface area contributed by atoms with E-state index in [0.29, 0.717) is 10.8 Å². The lowest BCUT2D eigenvalue weighted by Gasteiger charge is -2.39. The third-order valence-corrected chi connectivity index (χ3v) is 3.78. The molecule has 0 unspecified atom stereocenters. The molecule has 0 bridgehead atoms. The van der Waals surface area contributed by atoms with Crippen molar-refractivity contribution in [2.75, 3.05) is 61.0 Å². The first-order chi connectivity index (χ1) is 10.9. The monoisotopic (exact) mass is 332 g/mol. The molecule has 2 fully saturated rings. The van der Waals surface area contributed by atoms with Crippen LogP contribution in [0.5, 0.6) is 0 Å². The van der Waals surface area contributed by atoms with Crippen LogP contribution in [0, 0.1) is 10.8 Å². The summed E-state index contributed by atoms with van der Waals surface area (Å²) in [5.74, 6) is -0.394. The third-order valence-electron chi connectivity index (χ3n) is 3.78. The third kappa shape index (κ3) is 8.46. The lowest BCUT2D eigenvalue weighted by molar-refractivity contribution is -0.144. The Balaban J connectivity index is 0.000000323. The van der Waals surface area contributed by atoms with Crippen LogP contribution in [0.15, 0.2) is 12.7 Å². The summed E-state index contributed by atoms with van der Waals surface area (Å²) in [5.41, 5.74) is 0.698. The second-order valence-corrected chi connectivity index (χ2v) is 6.24. The van der Waals surface area contributed by atoms with E-state index in [9.17, 15) is 4.79 Å². The highest BCUT2D eigenvalue weighted by Gasteiger charge is 2.36. The summed E-state index contributed by atoms with van der Waals surface area (Å²) in [6.07, 6.45) is 2.28. The van der Waals surface area contributed by atoms with Gasteiger partial charge in [0.05, 0.1) is 46.8 Å². The summed E-state index contributed by atoms with van der Waals surface area (Å²) in [6, 6.07) is 0. The minimum atomic E-state index is -0.394.